The molecule has 2 aromatic rings. The maximum Gasteiger partial charge on any atom is 0.184 e. The minimum atomic E-state index is -0.232. The summed E-state index contributed by atoms with van der Waals surface area (Å²) in [6.07, 6.45) is -0.232. The molecule has 5 heteroatoms. The summed E-state index contributed by atoms with van der Waals surface area (Å²) in [5, 5.41) is 7.97. The minimum absolute atomic E-state index is 0.232. The van der Waals surface area contributed by atoms with E-state index >= 15 is 0 Å². The van der Waals surface area contributed by atoms with E-state index in [1.165, 1.54) is 0 Å². The molecule has 0 saturated carbocycles. The van der Waals surface area contributed by atoms with Crippen molar-refractivity contribution in [1.82, 2.24) is 15.0 Å². The lowest BCUT2D eigenvalue weighted by Crippen LogP contribution is -1.98. The number of aryl methyl sites for hydroxylation is 1. The molecule has 1 aliphatic heterocycles. The molecule has 0 bridgehead atoms. The third-order valence-electron chi connectivity index (χ3n) is 2.53. The fraction of sp³-hybridized carbons (Fsp3) is 0.400. The second-order valence-corrected chi connectivity index (χ2v) is 3.53. The van der Waals surface area contributed by atoms with Crippen LogP contribution in [0.3, 0.4) is 0 Å². The van der Waals surface area contributed by atoms with Gasteiger partial charge < -0.3 is 9.47 Å². The van der Waals surface area contributed by atoms with Crippen molar-refractivity contribution in [2.75, 3.05) is 13.2 Å². The smallest absolute Gasteiger partial charge is 0.184 e. The first-order valence-corrected chi connectivity index (χ1v) is 4.87. The number of benzene rings is 1. The fourth-order valence-electron chi connectivity index (χ4n) is 1.75. The summed E-state index contributed by atoms with van der Waals surface area (Å²) in [4.78, 5) is 0. The van der Waals surface area contributed by atoms with Crippen LogP contribution in [-0.2, 0) is 16.5 Å². The van der Waals surface area contributed by atoms with E-state index in [-0.39, 0.29) is 6.29 Å². The van der Waals surface area contributed by atoms with Gasteiger partial charge in [0.1, 0.15) is 5.52 Å². The Balaban J connectivity index is 2.08. The Labute approximate surface area is 86.6 Å². The van der Waals surface area contributed by atoms with Crippen LogP contribution < -0.4 is 0 Å². The van der Waals surface area contributed by atoms with Crippen LogP contribution in [0, 0.1) is 0 Å². The van der Waals surface area contributed by atoms with Crippen molar-refractivity contribution in [2.24, 2.45) is 7.05 Å². The first-order chi connectivity index (χ1) is 7.34. The van der Waals surface area contributed by atoms with Gasteiger partial charge in [0.2, 0.25) is 0 Å². The van der Waals surface area contributed by atoms with Crippen LogP contribution in [0.15, 0.2) is 18.2 Å². The zero-order chi connectivity index (χ0) is 10.3. The van der Waals surface area contributed by atoms with Gasteiger partial charge in [-0.1, -0.05) is 11.3 Å². The van der Waals surface area contributed by atoms with Crippen molar-refractivity contribution in [1.29, 1.82) is 0 Å². The van der Waals surface area contributed by atoms with Crippen LogP contribution in [0.2, 0.25) is 0 Å². The Morgan fingerprint density at radius 3 is 2.93 bits per heavy atom. The van der Waals surface area contributed by atoms with Gasteiger partial charge in [-0.2, -0.15) is 0 Å². The molecule has 1 aromatic heterocycles. The van der Waals surface area contributed by atoms with Crippen molar-refractivity contribution in [3.63, 3.8) is 0 Å². The third kappa shape index (κ3) is 1.40. The van der Waals surface area contributed by atoms with Gasteiger partial charge >= 0.3 is 0 Å². The number of ether oxygens (including phenoxy) is 2. The maximum atomic E-state index is 5.43. The molecule has 0 spiro atoms. The molecule has 3 rings (SSSR count). The SMILES string of the molecule is Cn1nnc2ccc(C3OCCO3)cc21. The normalized spacial score (nSPS) is 17.7. The molecule has 1 aliphatic rings. The van der Waals surface area contributed by atoms with Crippen LogP contribution in [0.5, 0.6) is 0 Å². The predicted octanol–water partition coefficient (Wildman–Crippen LogP) is 1.01. The van der Waals surface area contributed by atoms with Gasteiger partial charge in [0.25, 0.3) is 0 Å². The Kier molecular flexibility index (Phi) is 1.93. The molecule has 0 unspecified atom stereocenters. The summed E-state index contributed by atoms with van der Waals surface area (Å²) in [6.45, 7) is 1.32. The summed E-state index contributed by atoms with van der Waals surface area (Å²) in [5.41, 5.74) is 2.90. The lowest BCUT2D eigenvalue weighted by molar-refractivity contribution is -0.0440. The van der Waals surface area contributed by atoms with Gasteiger partial charge in [0.15, 0.2) is 6.29 Å². The van der Waals surface area contributed by atoms with Gasteiger partial charge in [-0.3, -0.25) is 0 Å². The van der Waals surface area contributed by atoms with E-state index in [0.717, 1.165) is 16.6 Å². The molecule has 0 radical (unpaired) electrons. The molecule has 2 heterocycles. The van der Waals surface area contributed by atoms with E-state index in [0.29, 0.717) is 13.2 Å². The molecule has 1 fully saturated rings. The first kappa shape index (κ1) is 8.82. The predicted molar refractivity (Wildman–Crippen MR) is 53.2 cm³/mol. The van der Waals surface area contributed by atoms with Crippen molar-refractivity contribution >= 4 is 11.0 Å². The van der Waals surface area contributed by atoms with Crippen LogP contribution in [0.4, 0.5) is 0 Å². The van der Waals surface area contributed by atoms with Gasteiger partial charge in [-0.25, -0.2) is 4.68 Å². The molecule has 78 valence electrons. The summed E-state index contributed by atoms with van der Waals surface area (Å²) >= 11 is 0. The molecule has 5 nitrogen and oxygen atoms in total. The number of hydrogen-bond acceptors (Lipinski definition) is 4. The van der Waals surface area contributed by atoms with Gasteiger partial charge in [-0.15, -0.1) is 5.10 Å². The number of fused-ring (bicyclic) bond motifs is 1. The lowest BCUT2D eigenvalue weighted by atomic mass is 10.2. The highest BCUT2D eigenvalue weighted by molar-refractivity contribution is 5.74. The van der Waals surface area contributed by atoms with Gasteiger partial charge in [-0.05, 0) is 12.1 Å². The van der Waals surface area contributed by atoms with Crippen molar-refractivity contribution in [3.05, 3.63) is 23.8 Å². The van der Waals surface area contributed by atoms with Crippen LogP contribution in [0.25, 0.3) is 11.0 Å². The Hall–Kier alpha value is -1.46. The van der Waals surface area contributed by atoms with Crippen LogP contribution >= 0.6 is 0 Å². The fourth-order valence-corrected chi connectivity index (χ4v) is 1.75. The second kappa shape index (κ2) is 3.29. The molecule has 0 amide bonds. The number of aromatic nitrogens is 3. The lowest BCUT2D eigenvalue weighted by Gasteiger charge is -2.08. The summed E-state index contributed by atoms with van der Waals surface area (Å²) in [7, 11) is 1.87. The van der Waals surface area contributed by atoms with Gasteiger partial charge in [0, 0.05) is 12.6 Å². The molecular formula is C10H11N3O2. The highest BCUT2D eigenvalue weighted by atomic mass is 16.7. The van der Waals surface area contributed by atoms with Crippen molar-refractivity contribution in [2.45, 2.75) is 6.29 Å². The average molecular weight is 205 g/mol. The van der Waals surface area contributed by atoms with Gasteiger partial charge in [0.05, 0.1) is 18.7 Å². The van der Waals surface area contributed by atoms with E-state index in [1.54, 1.807) is 4.68 Å². The molecular weight excluding hydrogens is 194 g/mol. The van der Waals surface area contributed by atoms with E-state index in [2.05, 4.69) is 10.3 Å². The summed E-state index contributed by atoms with van der Waals surface area (Å²) < 4.78 is 12.6. The Bertz CT molecular complexity index is 488. The number of rotatable bonds is 1. The van der Waals surface area contributed by atoms with Crippen molar-refractivity contribution < 1.29 is 9.47 Å². The minimum Gasteiger partial charge on any atom is -0.346 e. The van der Waals surface area contributed by atoms with E-state index < -0.39 is 0 Å². The van der Waals surface area contributed by atoms with Crippen molar-refractivity contribution in [3.8, 4) is 0 Å². The largest absolute Gasteiger partial charge is 0.346 e. The highest BCUT2D eigenvalue weighted by Gasteiger charge is 2.18. The standard InChI is InChI=1S/C10H11N3O2/c1-13-9-6-7(10-14-4-5-15-10)2-3-8(9)11-12-13/h2-3,6,10H,4-5H2,1H3. The molecule has 0 atom stereocenters. The highest BCUT2D eigenvalue weighted by Crippen LogP contribution is 2.25. The molecule has 15 heavy (non-hydrogen) atoms. The molecule has 0 N–H and O–H groups in total. The molecule has 0 aliphatic carbocycles. The monoisotopic (exact) mass is 205 g/mol. The van der Waals surface area contributed by atoms with E-state index in [9.17, 15) is 0 Å². The Morgan fingerprint density at radius 2 is 2.13 bits per heavy atom. The summed E-state index contributed by atoms with van der Waals surface area (Å²) in [6, 6.07) is 5.90. The van der Waals surface area contributed by atoms with E-state index in [1.807, 2.05) is 25.2 Å². The number of nitrogens with zero attached hydrogens (tertiary/aromatic N) is 3. The van der Waals surface area contributed by atoms with E-state index in [4.69, 9.17) is 9.47 Å². The topological polar surface area (TPSA) is 49.2 Å². The third-order valence-corrected chi connectivity index (χ3v) is 2.53. The van der Waals surface area contributed by atoms with Crippen LogP contribution in [0.1, 0.15) is 11.9 Å². The van der Waals surface area contributed by atoms with Crippen LogP contribution in [-0.4, -0.2) is 28.2 Å². The zero-order valence-corrected chi connectivity index (χ0v) is 8.38. The zero-order valence-electron chi connectivity index (χ0n) is 8.38. The first-order valence-electron chi connectivity index (χ1n) is 4.87. The maximum absolute atomic E-state index is 5.43. The second-order valence-electron chi connectivity index (χ2n) is 3.53. The quantitative estimate of drug-likeness (QED) is 0.697. The molecule has 1 saturated heterocycles. The summed E-state index contributed by atoms with van der Waals surface area (Å²) in [5.74, 6) is 0. The Morgan fingerprint density at radius 1 is 1.33 bits per heavy atom. The average Bonchev–Trinajstić information content (AvgIpc) is 2.88. The number of hydrogen-bond donors (Lipinski definition) is 0. The molecule has 1 aromatic carbocycles.